The molecule has 1 unspecified atom stereocenters. The standard InChI is InChI=1S/C10H19ClO2Si/c1-4-10(9-12)7-5-6-8-13-14(2,3)11/h4-6,10,12H,1,7-9H2,2-3H3. The molecule has 1 N–H and O–H groups in total. The zero-order valence-electron chi connectivity index (χ0n) is 8.87. The lowest BCUT2D eigenvalue weighted by molar-refractivity contribution is 0.253. The van der Waals surface area contributed by atoms with E-state index in [1.54, 1.807) is 6.08 Å². The summed E-state index contributed by atoms with van der Waals surface area (Å²) in [6.07, 6.45) is 6.47. The van der Waals surface area contributed by atoms with Crippen LogP contribution < -0.4 is 0 Å². The molecule has 0 bridgehead atoms. The summed E-state index contributed by atoms with van der Waals surface area (Å²) in [5.74, 6) is 0.146. The van der Waals surface area contributed by atoms with Gasteiger partial charge in [-0.1, -0.05) is 18.2 Å². The van der Waals surface area contributed by atoms with Crippen LogP contribution in [-0.2, 0) is 4.43 Å². The van der Waals surface area contributed by atoms with Gasteiger partial charge in [0.2, 0.25) is 0 Å². The third-order valence-corrected chi connectivity index (χ3v) is 2.88. The van der Waals surface area contributed by atoms with Gasteiger partial charge in [0.1, 0.15) is 0 Å². The highest BCUT2D eigenvalue weighted by Gasteiger charge is 2.16. The Hall–Kier alpha value is -0.0931. The van der Waals surface area contributed by atoms with Crippen molar-refractivity contribution in [2.24, 2.45) is 5.92 Å². The Labute approximate surface area is 92.1 Å². The summed E-state index contributed by atoms with van der Waals surface area (Å²) in [5.41, 5.74) is 0. The van der Waals surface area contributed by atoms with Gasteiger partial charge in [-0.25, -0.2) is 0 Å². The summed E-state index contributed by atoms with van der Waals surface area (Å²) in [5, 5.41) is 8.86. The molecule has 0 rings (SSSR count). The topological polar surface area (TPSA) is 29.5 Å². The van der Waals surface area contributed by atoms with Gasteiger partial charge < -0.3 is 9.53 Å². The maximum absolute atomic E-state index is 8.86. The molecule has 0 saturated carbocycles. The predicted molar refractivity (Wildman–Crippen MR) is 63.8 cm³/mol. The van der Waals surface area contributed by atoms with Gasteiger partial charge in [0.15, 0.2) is 0 Å². The average molecular weight is 235 g/mol. The van der Waals surface area contributed by atoms with Crippen molar-refractivity contribution < 1.29 is 9.53 Å². The second-order valence-corrected chi connectivity index (χ2v) is 9.31. The number of aliphatic hydroxyl groups excluding tert-OH is 1. The SMILES string of the molecule is C=CC(CO)CC=CCO[Si](C)(C)Cl. The van der Waals surface area contributed by atoms with E-state index in [0.717, 1.165) is 6.42 Å². The Balaban J connectivity index is 3.59. The molecule has 0 heterocycles. The first-order chi connectivity index (χ1) is 6.49. The van der Waals surface area contributed by atoms with Gasteiger partial charge in [-0.3, -0.25) is 0 Å². The Kier molecular flexibility index (Phi) is 7.18. The van der Waals surface area contributed by atoms with Crippen molar-refractivity contribution in [2.75, 3.05) is 13.2 Å². The normalized spacial score (nSPS) is 14.6. The minimum atomic E-state index is -1.90. The maximum atomic E-state index is 8.86. The molecular formula is C10H19ClO2Si. The van der Waals surface area contributed by atoms with Gasteiger partial charge in [0, 0.05) is 12.5 Å². The number of rotatable bonds is 7. The molecule has 82 valence electrons. The molecule has 0 aliphatic rings. The van der Waals surface area contributed by atoms with Crippen LogP contribution in [0.4, 0.5) is 0 Å². The largest absolute Gasteiger partial charge is 0.399 e. The third-order valence-electron chi connectivity index (χ3n) is 1.70. The fourth-order valence-corrected chi connectivity index (χ4v) is 1.51. The Morgan fingerprint density at radius 3 is 2.57 bits per heavy atom. The molecule has 0 amide bonds. The first-order valence-electron chi connectivity index (χ1n) is 4.71. The van der Waals surface area contributed by atoms with E-state index < -0.39 is 7.63 Å². The van der Waals surface area contributed by atoms with E-state index in [-0.39, 0.29) is 12.5 Å². The third kappa shape index (κ3) is 8.50. The molecule has 2 nitrogen and oxygen atoms in total. The highest BCUT2D eigenvalue weighted by molar-refractivity contribution is 7.15. The van der Waals surface area contributed by atoms with E-state index in [9.17, 15) is 0 Å². The van der Waals surface area contributed by atoms with E-state index in [1.807, 2.05) is 25.2 Å². The Bertz CT molecular complexity index is 187. The number of aliphatic hydroxyl groups is 1. The molecule has 14 heavy (non-hydrogen) atoms. The first-order valence-corrected chi connectivity index (χ1v) is 8.63. The van der Waals surface area contributed by atoms with Crippen LogP contribution in [-0.4, -0.2) is 25.9 Å². The molecule has 4 heteroatoms. The summed E-state index contributed by atoms with van der Waals surface area (Å²) in [6.45, 7) is 8.19. The van der Waals surface area contributed by atoms with Crippen LogP contribution in [0.15, 0.2) is 24.8 Å². The minimum Gasteiger partial charge on any atom is -0.399 e. The monoisotopic (exact) mass is 234 g/mol. The second kappa shape index (κ2) is 7.23. The predicted octanol–water partition coefficient (Wildman–Crippen LogP) is 2.68. The van der Waals surface area contributed by atoms with E-state index in [0.29, 0.717) is 6.61 Å². The van der Waals surface area contributed by atoms with Crippen molar-refractivity contribution in [3.63, 3.8) is 0 Å². The lowest BCUT2D eigenvalue weighted by atomic mass is 10.1. The lowest BCUT2D eigenvalue weighted by Crippen LogP contribution is -2.22. The summed E-state index contributed by atoms with van der Waals surface area (Å²) in [6, 6.07) is 0. The van der Waals surface area contributed by atoms with Gasteiger partial charge in [-0.05, 0) is 19.5 Å². The van der Waals surface area contributed by atoms with Crippen LogP contribution >= 0.6 is 11.1 Å². The summed E-state index contributed by atoms with van der Waals surface area (Å²) in [4.78, 5) is 0. The molecule has 0 aliphatic heterocycles. The van der Waals surface area contributed by atoms with Crippen LogP contribution in [0.5, 0.6) is 0 Å². The van der Waals surface area contributed by atoms with Crippen LogP contribution in [0.25, 0.3) is 0 Å². The second-order valence-electron chi connectivity index (χ2n) is 3.56. The number of allylic oxidation sites excluding steroid dienone is 1. The highest BCUT2D eigenvalue weighted by atomic mass is 35.6. The molecule has 0 radical (unpaired) electrons. The average Bonchev–Trinajstić information content (AvgIpc) is 2.09. The van der Waals surface area contributed by atoms with Gasteiger partial charge in [0.05, 0.1) is 6.61 Å². The lowest BCUT2D eigenvalue weighted by Gasteiger charge is -2.12. The summed E-state index contributed by atoms with van der Waals surface area (Å²) >= 11 is 5.96. The van der Waals surface area contributed by atoms with E-state index in [2.05, 4.69) is 6.58 Å². The van der Waals surface area contributed by atoms with E-state index >= 15 is 0 Å². The van der Waals surface area contributed by atoms with E-state index in [1.165, 1.54) is 0 Å². The van der Waals surface area contributed by atoms with Crippen molar-refractivity contribution in [1.29, 1.82) is 0 Å². The number of halogens is 1. The molecule has 0 aromatic rings. The molecule has 1 atom stereocenters. The van der Waals surface area contributed by atoms with Crippen molar-refractivity contribution in [3.05, 3.63) is 24.8 Å². The zero-order chi connectivity index (χ0) is 11.0. The summed E-state index contributed by atoms with van der Waals surface area (Å²) < 4.78 is 5.41. The number of hydrogen-bond acceptors (Lipinski definition) is 2. The van der Waals surface area contributed by atoms with Crippen LogP contribution in [0.1, 0.15) is 6.42 Å². The Morgan fingerprint density at radius 1 is 1.50 bits per heavy atom. The van der Waals surface area contributed by atoms with Gasteiger partial charge in [-0.2, -0.15) is 0 Å². The molecule has 0 fully saturated rings. The van der Waals surface area contributed by atoms with Gasteiger partial charge >= 0.3 is 0 Å². The zero-order valence-corrected chi connectivity index (χ0v) is 10.6. The van der Waals surface area contributed by atoms with Crippen molar-refractivity contribution >= 4 is 18.7 Å². The fraction of sp³-hybridized carbons (Fsp3) is 0.600. The van der Waals surface area contributed by atoms with Gasteiger partial charge in [-0.15, -0.1) is 17.7 Å². The molecular weight excluding hydrogens is 216 g/mol. The Morgan fingerprint density at radius 2 is 2.14 bits per heavy atom. The maximum Gasteiger partial charge on any atom is 0.284 e. The van der Waals surface area contributed by atoms with Gasteiger partial charge in [0.25, 0.3) is 7.63 Å². The fourth-order valence-electron chi connectivity index (χ4n) is 0.831. The van der Waals surface area contributed by atoms with Crippen molar-refractivity contribution in [2.45, 2.75) is 19.5 Å². The molecule has 0 aromatic heterocycles. The van der Waals surface area contributed by atoms with E-state index in [4.69, 9.17) is 20.6 Å². The smallest absolute Gasteiger partial charge is 0.284 e. The first kappa shape index (κ1) is 13.9. The quantitative estimate of drug-likeness (QED) is 0.417. The van der Waals surface area contributed by atoms with Crippen LogP contribution in [0.3, 0.4) is 0 Å². The van der Waals surface area contributed by atoms with Crippen LogP contribution in [0, 0.1) is 5.92 Å². The molecule has 0 aliphatic carbocycles. The van der Waals surface area contributed by atoms with Crippen LogP contribution in [0.2, 0.25) is 13.1 Å². The summed E-state index contributed by atoms with van der Waals surface area (Å²) in [7, 11) is -1.90. The number of hydrogen-bond donors (Lipinski definition) is 1. The van der Waals surface area contributed by atoms with Crippen molar-refractivity contribution in [3.8, 4) is 0 Å². The van der Waals surface area contributed by atoms with Crippen molar-refractivity contribution in [1.82, 2.24) is 0 Å². The molecule has 0 spiro atoms. The molecule has 0 saturated heterocycles. The highest BCUT2D eigenvalue weighted by Crippen LogP contribution is 2.09. The molecule has 0 aromatic carbocycles. The minimum absolute atomic E-state index is 0.143.